The van der Waals surface area contributed by atoms with Crippen LogP contribution in [-0.4, -0.2) is 41.1 Å². The molecule has 6 aromatic rings. The Bertz CT molecular complexity index is 2500. The maximum absolute atomic E-state index is 12.3. The highest BCUT2D eigenvalue weighted by Crippen LogP contribution is 2.28. The number of rotatable bonds is 16. The van der Waals surface area contributed by atoms with E-state index in [0.717, 1.165) is 38.2 Å². The third kappa shape index (κ3) is 19.3. The number of Topliss-reactive ketones (excluding diaryl/α,β-unsaturated/α-hetero) is 2. The van der Waals surface area contributed by atoms with Crippen molar-refractivity contribution in [3.63, 3.8) is 0 Å². The lowest BCUT2D eigenvalue weighted by molar-refractivity contribution is -0.170. The number of azo groups is 2. The summed E-state index contributed by atoms with van der Waals surface area (Å²) in [4.78, 5) is 21.7. The van der Waals surface area contributed by atoms with Gasteiger partial charge in [-0.3, -0.25) is 9.59 Å². The summed E-state index contributed by atoms with van der Waals surface area (Å²) < 4.78 is 73.8. The van der Waals surface area contributed by atoms with Crippen molar-refractivity contribution in [1.29, 1.82) is 0 Å². The van der Waals surface area contributed by atoms with E-state index in [1.165, 1.54) is 74.1 Å². The minimum absolute atomic E-state index is 0.156. The van der Waals surface area contributed by atoms with Gasteiger partial charge in [-0.2, -0.15) is 46.8 Å². The zero-order chi connectivity index (χ0) is 49.0. The van der Waals surface area contributed by atoms with Crippen LogP contribution >= 0.6 is 15.9 Å². The molecule has 0 aliphatic rings. The summed E-state index contributed by atoms with van der Waals surface area (Å²) in [7, 11) is -1.67. The fraction of sp³-hybridized carbons (Fsp3) is 0.255. The van der Waals surface area contributed by atoms with Gasteiger partial charge < -0.3 is 10.0 Å². The van der Waals surface area contributed by atoms with E-state index in [-0.39, 0.29) is 11.0 Å². The molecule has 0 radical (unpaired) electrons. The van der Waals surface area contributed by atoms with Crippen LogP contribution in [-0.2, 0) is 22.4 Å². The van der Waals surface area contributed by atoms with Crippen LogP contribution in [0.5, 0.6) is 0 Å². The minimum Gasteiger partial charge on any atom is -0.423 e. The molecule has 6 aromatic carbocycles. The number of hydrogen-bond donors (Lipinski definition) is 2. The molecule has 0 aliphatic carbocycles. The van der Waals surface area contributed by atoms with Crippen LogP contribution in [0.1, 0.15) is 74.1 Å². The highest BCUT2D eigenvalue weighted by molar-refractivity contribution is 9.10. The van der Waals surface area contributed by atoms with Crippen LogP contribution in [0, 0.1) is 6.92 Å². The molecule has 350 valence electrons. The molecule has 16 heteroatoms. The lowest BCUT2D eigenvalue weighted by Gasteiger charge is -2.11. The minimum atomic E-state index is -4.84. The smallest absolute Gasteiger partial charge is 0.423 e. The summed E-state index contributed by atoms with van der Waals surface area (Å²) >= 11 is 3.42. The average Bonchev–Trinajstić information content (AvgIpc) is 3.30. The first-order valence-corrected chi connectivity index (χ1v) is 22.2. The van der Waals surface area contributed by atoms with Crippen molar-refractivity contribution in [1.82, 2.24) is 0 Å². The third-order valence-electron chi connectivity index (χ3n) is 10.2. The molecule has 0 bridgehead atoms. The fourth-order valence-electron chi connectivity index (χ4n) is 6.18. The predicted octanol–water partition coefficient (Wildman–Crippen LogP) is 14.7. The van der Waals surface area contributed by atoms with Crippen molar-refractivity contribution < 1.29 is 46.0 Å². The number of unbranched alkanes of at least 4 members (excludes halogenated alkanes) is 3. The maximum atomic E-state index is 12.3. The van der Waals surface area contributed by atoms with Crippen LogP contribution < -0.4 is 5.46 Å². The Balaban J connectivity index is 0.000000228. The molecule has 67 heavy (non-hydrogen) atoms. The number of nitrogens with zero attached hydrogens (tertiary/aromatic N) is 4. The SMILES string of the molecule is CCCCCCC(C)c1ccc(N=Nc2ccc(Br)cc2)cc1.Cc1ccc(N=Nc2ccc(-c3ccc(CC(=O)C(F)(F)F)cc3)cc2)cc1.O=C(Cc1ccc(B(O)O)cc1)C(F)(F)F. The van der Waals surface area contributed by atoms with Crippen LogP contribution in [0.15, 0.2) is 171 Å². The second-order valence-corrected chi connectivity index (χ2v) is 16.5. The Labute approximate surface area is 395 Å². The molecule has 0 heterocycles. The number of alkyl halides is 6. The largest absolute Gasteiger partial charge is 0.488 e. The van der Waals surface area contributed by atoms with E-state index in [0.29, 0.717) is 17.2 Å². The predicted molar refractivity (Wildman–Crippen MR) is 255 cm³/mol. The standard InChI is InChI=1S/C22H17F3N2O.C20H25BrN2.C9H8BF3O3/c1-15-2-10-19(11-3-15)26-27-20-12-8-18(9-13-20)17-6-4-16(5-7-17)14-21(28)22(23,24)25;1-3-4-5-6-7-16(2)17-8-12-19(13-9-17)22-23-20-14-10-18(21)11-15-20;11-9(12,13)8(14)5-6-1-3-7(4-2-6)10(15)16/h2-13H,14H2,1H3;8-16H,3-7H2,1-2H3;1-4,15-16H,5H2. The van der Waals surface area contributed by atoms with Crippen LogP contribution in [0.25, 0.3) is 11.1 Å². The van der Waals surface area contributed by atoms with Crippen molar-refractivity contribution in [2.45, 2.75) is 84.0 Å². The van der Waals surface area contributed by atoms with Gasteiger partial charge in [0, 0.05) is 17.3 Å². The van der Waals surface area contributed by atoms with Gasteiger partial charge >= 0.3 is 19.5 Å². The van der Waals surface area contributed by atoms with Crippen molar-refractivity contribution in [2.75, 3.05) is 0 Å². The van der Waals surface area contributed by atoms with Crippen LogP contribution in [0.2, 0.25) is 0 Å². The molecule has 2 N–H and O–H groups in total. The van der Waals surface area contributed by atoms with E-state index in [2.05, 4.69) is 74.5 Å². The topological polar surface area (TPSA) is 124 Å². The Hall–Kier alpha value is -6.10. The normalized spacial score (nSPS) is 11.9. The highest BCUT2D eigenvalue weighted by atomic mass is 79.9. The summed E-state index contributed by atoms with van der Waals surface area (Å²) in [6, 6.07) is 42.8. The molecule has 0 saturated heterocycles. The molecule has 0 aliphatic heterocycles. The first-order valence-electron chi connectivity index (χ1n) is 21.4. The molecule has 0 fully saturated rings. The molecule has 0 amide bonds. The monoisotopic (exact) mass is 986 g/mol. The number of hydrogen-bond acceptors (Lipinski definition) is 8. The number of carbonyl (C=O) groups excluding carboxylic acids is 2. The number of benzene rings is 6. The molecule has 1 unspecified atom stereocenters. The summed E-state index contributed by atoms with van der Waals surface area (Å²) in [6.45, 7) is 6.57. The van der Waals surface area contributed by atoms with E-state index in [1.807, 2.05) is 79.7 Å². The van der Waals surface area contributed by atoms with Gasteiger partial charge in [0.15, 0.2) is 0 Å². The molecular formula is C51H50BBrF6N4O4. The van der Waals surface area contributed by atoms with Gasteiger partial charge in [-0.15, -0.1) is 0 Å². The molecule has 8 nitrogen and oxygen atoms in total. The lowest BCUT2D eigenvalue weighted by atomic mass is 9.80. The maximum Gasteiger partial charge on any atom is 0.488 e. The average molecular weight is 988 g/mol. The van der Waals surface area contributed by atoms with Gasteiger partial charge in [0.05, 0.1) is 22.7 Å². The highest BCUT2D eigenvalue weighted by Gasteiger charge is 2.38. The van der Waals surface area contributed by atoms with E-state index >= 15 is 0 Å². The van der Waals surface area contributed by atoms with E-state index in [4.69, 9.17) is 10.0 Å². The second-order valence-electron chi connectivity index (χ2n) is 15.6. The summed E-state index contributed by atoms with van der Waals surface area (Å²) in [5, 5.41) is 34.4. The van der Waals surface area contributed by atoms with Gasteiger partial charge in [0.2, 0.25) is 11.6 Å². The molecule has 0 saturated carbocycles. The van der Waals surface area contributed by atoms with Crippen molar-refractivity contribution in [2.24, 2.45) is 20.5 Å². The zero-order valence-electron chi connectivity index (χ0n) is 37.1. The molecule has 1 atom stereocenters. The Kier molecular flexibility index (Phi) is 21.0. The molecule has 6 rings (SSSR count). The number of carbonyl (C=O) groups is 2. The number of ketones is 2. The van der Waals surface area contributed by atoms with E-state index in [1.54, 1.807) is 12.1 Å². The Morgan fingerprint density at radius 3 is 1.33 bits per heavy atom. The van der Waals surface area contributed by atoms with Gasteiger partial charge in [0.25, 0.3) is 0 Å². The van der Waals surface area contributed by atoms with Gasteiger partial charge in [0.1, 0.15) is 0 Å². The van der Waals surface area contributed by atoms with E-state index < -0.39 is 43.9 Å². The number of aryl methyl sites for hydroxylation is 1. The Morgan fingerprint density at radius 2 is 0.925 bits per heavy atom. The van der Waals surface area contributed by atoms with Gasteiger partial charge in [-0.1, -0.05) is 146 Å². The Morgan fingerprint density at radius 1 is 0.552 bits per heavy atom. The summed E-state index contributed by atoms with van der Waals surface area (Å²) in [6.07, 6.45) is -4.46. The zero-order valence-corrected chi connectivity index (χ0v) is 38.7. The molecular weight excluding hydrogens is 937 g/mol. The van der Waals surface area contributed by atoms with Crippen molar-refractivity contribution in [3.05, 3.63) is 172 Å². The number of halogens is 7. The van der Waals surface area contributed by atoms with Gasteiger partial charge in [-0.25, -0.2) is 0 Å². The van der Waals surface area contributed by atoms with Crippen LogP contribution in [0.3, 0.4) is 0 Å². The van der Waals surface area contributed by atoms with Gasteiger partial charge in [-0.05, 0) is 113 Å². The third-order valence-corrected chi connectivity index (χ3v) is 10.7. The summed E-state index contributed by atoms with van der Waals surface area (Å²) in [5.74, 6) is -2.96. The van der Waals surface area contributed by atoms with E-state index in [9.17, 15) is 35.9 Å². The lowest BCUT2D eigenvalue weighted by Crippen LogP contribution is -2.30. The molecule has 0 aromatic heterocycles. The first-order chi connectivity index (χ1) is 31.8. The quantitative estimate of drug-likeness (QED) is 0.0434. The van der Waals surface area contributed by atoms with Crippen molar-refractivity contribution in [3.8, 4) is 11.1 Å². The second kappa shape index (κ2) is 26.3. The first kappa shape index (κ1) is 53.5. The summed E-state index contributed by atoms with van der Waals surface area (Å²) in [5.41, 5.74) is 8.14. The van der Waals surface area contributed by atoms with Crippen LogP contribution in [0.4, 0.5) is 49.1 Å². The van der Waals surface area contributed by atoms with Crippen molar-refractivity contribution >= 4 is 62.8 Å². The fourth-order valence-corrected chi connectivity index (χ4v) is 6.44. The molecule has 0 spiro atoms.